The lowest BCUT2D eigenvalue weighted by atomic mass is 10.0. The van der Waals surface area contributed by atoms with Crippen LogP contribution < -0.4 is 10.1 Å². The number of nitrogens with one attached hydrogen (secondary N) is 1. The quantitative estimate of drug-likeness (QED) is 0.868. The molecule has 1 fully saturated rings. The van der Waals surface area contributed by atoms with Gasteiger partial charge in [-0.1, -0.05) is 26.0 Å². The third-order valence-corrected chi connectivity index (χ3v) is 4.70. The Labute approximate surface area is 137 Å². The maximum Gasteiger partial charge on any atom is 0.317 e. The highest BCUT2D eigenvalue weighted by Crippen LogP contribution is 2.21. The molecule has 1 heterocycles. The Hall–Kier alpha value is -1.36. The highest BCUT2D eigenvalue weighted by Gasteiger charge is 2.20. The van der Waals surface area contributed by atoms with Crippen LogP contribution in [0.5, 0.6) is 5.75 Å². The van der Waals surface area contributed by atoms with Crippen molar-refractivity contribution in [3.63, 3.8) is 0 Å². The molecule has 0 radical (unpaired) electrons. The molecule has 0 unspecified atom stereocenters. The molecule has 1 saturated heterocycles. The van der Waals surface area contributed by atoms with E-state index in [1.54, 1.807) is 0 Å². The highest BCUT2D eigenvalue weighted by atomic mass is 32.2. The molecule has 4 nitrogen and oxygen atoms in total. The van der Waals surface area contributed by atoms with Crippen molar-refractivity contribution >= 4 is 17.8 Å². The van der Waals surface area contributed by atoms with Crippen molar-refractivity contribution in [1.29, 1.82) is 0 Å². The molecular weight excluding hydrogens is 296 g/mol. The lowest BCUT2D eigenvalue weighted by Gasteiger charge is -2.29. The Bertz CT molecular complexity index is 458. The van der Waals surface area contributed by atoms with E-state index in [4.69, 9.17) is 4.74 Å². The Morgan fingerprint density at radius 2 is 1.95 bits per heavy atom. The van der Waals surface area contributed by atoms with Gasteiger partial charge in [0.2, 0.25) is 0 Å². The minimum Gasteiger partial charge on any atom is -0.494 e. The van der Waals surface area contributed by atoms with Crippen LogP contribution >= 0.6 is 11.8 Å². The number of rotatable bonds is 6. The second-order valence-corrected chi connectivity index (χ2v) is 6.65. The predicted molar refractivity (Wildman–Crippen MR) is 92.7 cm³/mol. The van der Waals surface area contributed by atoms with Gasteiger partial charge in [-0.05, 0) is 30.5 Å². The van der Waals surface area contributed by atoms with E-state index in [1.807, 2.05) is 40.9 Å². The molecule has 1 aliphatic heterocycles. The second-order valence-electron chi connectivity index (χ2n) is 5.43. The minimum atomic E-state index is 0.0541. The summed E-state index contributed by atoms with van der Waals surface area (Å²) in [5.74, 6) is 2.96. The molecule has 0 spiro atoms. The molecule has 1 aliphatic rings. The highest BCUT2D eigenvalue weighted by molar-refractivity contribution is 7.99. The summed E-state index contributed by atoms with van der Waals surface area (Å²) in [6.45, 7) is 6.61. The summed E-state index contributed by atoms with van der Waals surface area (Å²) in [5, 5.41) is 3.15. The van der Waals surface area contributed by atoms with Gasteiger partial charge in [-0.2, -0.15) is 11.8 Å². The Morgan fingerprint density at radius 1 is 1.27 bits per heavy atom. The van der Waals surface area contributed by atoms with Crippen molar-refractivity contribution in [2.75, 3.05) is 31.2 Å². The van der Waals surface area contributed by atoms with Gasteiger partial charge in [0.25, 0.3) is 0 Å². The van der Waals surface area contributed by atoms with Crippen molar-refractivity contribution in [3.05, 3.63) is 29.8 Å². The van der Waals surface area contributed by atoms with Gasteiger partial charge in [0.15, 0.2) is 0 Å². The van der Waals surface area contributed by atoms with E-state index in [1.165, 1.54) is 0 Å². The van der Waals surface area contributed by atoms with Gasteiger partial charge in [0.05, 0.1) is 12.6 Å². The average molecular weight is 322 g/mol. The number of hydrogen-bond donors (Lipinski definition) is 1. The summed E-state index contributed by atoms with van der Waals surface area (Å²) in [6, 6.07) is 8.17. The molecule has 2 rings (SSSR count). The molecule has 2 amide bonds. The van der Waals surface area contributed by atoms with Crippen LogP contribution in [0.2, 0.25) is 0 Å². The van der Waals surface area contributed by atoms with Crippen molar-refractivity contribution < 1.29 is 9.53 Å². The van der Waals surface area contributed by atoms with Gasteiger partial charge in [0, 0.05) is 24.6 Å². The zero-order valence-corrected chi connectivity index (χ0v) is 14.3. The third-order valence-electron chi connectivity index (χ3n) is 3.76. The molecule has 5 heteroatoms. The molecule has 0 aliphatic carbocycles. The van der Waals surface area contributed by atoms with E-state index in [9.17, 15) is 4.79 Å². The maximum absolute atomic E-state index is 12.3. The van der Waals surface area contributed by atoms with Crippen molar-refractivity contribution in [2.45, 2.75) is 32.7 Å². The Kier molecular flexibility index (Phi) is 6.90. The Morgan fingerprint density at radius 3 is 2.55 bits per heavy atom. The van der Waals surface area contributed by atoms with Crippen LogP contribution in [-0.2, 0) is 0 Å². The van der Waals surface area contributed by atoms with E-state index in [0.29, 0.717) is 0 Å². The second kappa shape index (κ2) is 8.93. The standard InChI is InChI=1S/C17H26N2O2S/c1-3-11-21-15-7-5-14(6-8-15)16(4-2)18-17(20)19-9-12-22-13-10-19/h5-8,16H,3-4,9-13H2,1-2H3,(H,18,20)/t16-/m1/s1. The summed E-state index contributed by atoms with van der Waals surface area (Å²) in [4.78, 5) is 14.2. The van der Waals surface area contributed by atoms with Crippen molar-refractivity contribution in [1.82, 2.24) is 10.2 Å². The average Bonchev–Trinajstić information content (AvgIpc) is 2.59. The van der Waals surface area contributed by atoms with Gasteiger partial charge in [-0.25, -0.2) is 4.79 Å². The fraction of sp³-hybridized carbons (Fsp3) is 0.588. The number of hydrogen-bond acceptors (Lipinski definition) is 3. The zero-order chi connectivity index (χ0) is 15.8. The number of ether oxygens (including phenoxy) is 1. The molecule has 0 bridgehead atoms. The molecule has 1 N–H and O–H groups in total. The first-order chi connectivity index (χ1) is 10.7. The molecule has 0 aromatic heterocycles. The van der Waals surface area contributed by atoms with Gasteiger partial charge in [0.1, 0.15) is 5.75 Å². The number of amides is 2. The normalized spacial score (nSPS) is 16.2. The first kappa shape index (κ1) is 17.0. The van der Waals surface area contributed by atoms with Crippen LogP contribution in [0.3, 0.4) is 0 Å². The molecule has 1 atom stereocenters. The summed E-state index contributed by atoms with van der Waals surface area (Å²) >= 11 is 1.91. The van der Waals surface area contributed by atoms with E-state index in [0.717, 1.165) is 55.4 Å². The van der Waals surface area contributed by atoms with Crippen LogP contribution in [0.1, 0.15) is 38.3 Å². The van der Waals surface area contributed by atoms with E-state index >= 15 is 0 Å². The first-order valence-electron chi connectivity index (χ1n) is 8.10. The fourth-order valence-corrected chi connectivity index (χ4v) is 3.35. The van der Waals surface area contributed by atoms with Gasteiger partial charge in [-0.3, -0.25) is 0 Å². The molecule has 122 valence electrons. The van der Waals surface area contributed by atoms with Crippen molar-refractivity contribution in [3.8, 4) is 5.75 Å². The van der Waals surface area contributed by atoms with Crippen LogP contribution in [0.25, 0.3) is 0 Å². The first-order valence-corrected chi connectivity index (χ1v) is 9.26. The van der Waals surface area contributed by atoms with Crippen molar-refractivity contribution in [2.24, 2.45) is 0 Å². The fourth-order valence-electron chi connectivity index (χ4n) is 2.44. The molecule has 1 aromatic carbocycles. The number of thioether (sulfide) groups is 1. The van der Waals surface area contributed by atoms with Gasteiger partial charge < -0.3 is 15.0 Å². The number of benzene rings is 1. The molecular formula is C17H26N2O2S. The zero-order valence-electron chi connectivity index (χ0n) is 13.5. The van der Waals surface area contributed by atoms with Gasteiger partial charge in [-0.15, -0.1) is 0 Å². The van der Waals surface area contributed by atoms with E-state index in [-0.39, 0.29) is 12.1 Å². The lowest BCUT2D eigenvalue weighted by molar-refractivity contribution is 0.198. The third kappa shape index (κ3) is 4.83. The van der Waals surface area contributed by atoms with E-state index < -0.39 is 0 Å². The SMILES string of the molecule is CCCOc1ccc([C@@H](CC)NC(=O)N2CCSCC2)cc1. The topological polar surface area (TPSA) is 41.6 Å². The summed E-state index contributed by atoms with van der Waals surface area (Å²) in [7, 11) is 0. The summed E-state index contributed by atoms with van der Waals surface area (Å²) < 4.78 is 5.60. The molecule has 1 aromatic rings. The number of urea groups is 1. The smallest absolute Gasteiger partial charge is 0.317 e. The number of carbonyl (C=O) groups excluding carboxylic acids is 1. The lowest BCUT2D eigenvalue weighted by Crippen LogP contribution is -2.45. The summed E-state index contributed by atoms with van der Waals surface area (Å²) in [5.41, 5.74) is 1.13. The molecule has 22 heavy (non-hydrogen) atoms. The number of carbonyl (C=O) groups is 1. The van der Waals surface area contributed by atoms with Crippen LogP contribution in [0.4, 0.5) is 4.79 Å². The maximum atomic E-state index is 12.3. The van der Waals surface area contributed by atoms with E-state index in [2.05, 4.69) is 19.2 Å². The largest absolute Gasteiger partial charge is 0.494 e. The van der Waals surface area contributed by atoms with Crippen LogP contribution in [0.15, 0.2) is 24.3 Å². The number of nitrogens with zero attached hydrogens (tertiary/aromatic N) is 1. The molecule has 0 saturated carbocycles. The monoisotopic (exact) mass is 322 g/mol. The van der Waals surface area contributed by atoms with Gasteiger partial charge >= 0.3 is 6.03 Å². The van der Waals surface area contributed by atoms with Crippen LogP contribution in [-0.4, -0.2) is 42.1 Å². The Balaban J connectivity index is 1.93. The van der Waals surface area contributed by atoms with Crippen LogP contribution in [0, 0.1) is 0 Å². The minimum absolute atomic E-state index is 0.0541. The summed E-state index contributed by atoms with van der Waals surface area (Å²) in [6.07, 6.45) is 1.88. The predicted octanol–water partition coefficient (Wildman–Crippen LogP) is 3.68.